The van der Waals surface area contributed by atoms with Crippen LogP contribution in [0.1, 0.15) is 42.6 Å². The SMILES string of the molecule is CCOc1ccc(C(=O)NCc2ccnc(N3CCCC3)c2)cc1OCC. The van der Waals surface area contributed by atoms with E-state index in [1.807, 2.05) is 19.9 Å². The molecular formula is C21H27N3O3. The maximum Gasteiger partial charge on any atom is 0.251 e. The van der Waals surface area contributed by atoms with Crippen LogP contribution in [0.25, 0.3) is 0 Å². The van der Waals surface area contributed by atoms with E-state index in [1.54, 1.807) is 24.4 Å². The van der Waals surface area contributed by atoms with Crippen molar-refractivity contribution >= 4 is 11.7 Å². The van der Waals surface area contributed by atoms with E-state index in [-0.39, 0.29) is 5.91 Å². The fourth-order valence-corrected chi connectivity index (χ4v) is 3.17. The van der Waals surface area contributed by atoms with Crippen LogP contribution in [0.15, 0.2) is 36.5 Å². The summed E-state index contributed by atoms with van der Waals surface area (Å²) in [4.78, 5) is 19.3. The number of carbonyl (C=O) groups is 1. The quantitative estimate of drug-likeness (QED) is 0.773. The number of anilines is 1. The van der Waals surface area contributed by atoms with Crippen LogP contribution in [0.5, 0.6) is 11.5 Å². The van der Waals surface area contributed by atoms with Crippen molar-refractivity contribution in [3.8, 4) is 11.5 Å². The topological polar surface area (TPSA) is 63.7 Å². The van der Waals surface area contributed by atoms with E-state index in [0.29, 0.717) is 36.8 Å². The molecule has 0 spiro atoms. The van der Waals surface area contributed by atoms with Crippen LogP contribution >= 0.6 is 0 Å². The van der Waals surface area contributed by atoms with Crippen molar-refractivity contribution in [3.63, 3.8) is 0 Å². The number of ether oxygens (including phenoxy) is 2. The monoisotopic (exact) mass is 369 g/mol. The number of rotatable bonds is 8. The van der Waals surface area contributed by atoms with Gasteiger partial charge in [0.25, 0.3) is 5.91 Å². The first-order chi connectivity index (χ1) is 13.2. The van der Waals surface area contributed by atoms with Gasteiger partial charge in [0, 0.05) is 31.4 Å². The highest BCUT2D eigenvalue weighted by atomic mass is 16.5. The normalized spacial score (nSPS) is 13.5. The van der Waals surface area contributed by atoms with Crippen LogP contribution in [0, 0.1) is 0 Å². The van der Waals surface area contributed by atoms with E-state index >= 15 is 0 Å². The Morgan fingerprint density at radius 3 is 2.56 bits per heavy atom. The van der Waals surface area contributed by atoms with Gasteiger partial charge in [0.15, 0.2) is 11.5 Å². The standard InChI is InChI=1S/C21H27N3O3/c1-3-26-18-8-7-17(14-19(18)27-4-2)21(25)23-15-16-9-10-22-20(13-16)24-11-5-6-12-24/h7-10,13-14H,3-6,11-12,15H2,1-2H3,(H,23,25). The fraction of sp³-hybridized carbons (Fsp3) is 0.429. The third-order valence-electron chi connectivity index (χ3n) is 4.50. The molecule has 6 heteroatoms. The Hall–Kier alpha value is -2.76. The Labute approximate surface area is 160 Å². The highest BCUT2D eigenvalue weighted by Crippen LogP contribution is 2.28. The highest BCUT2D eigenvalue weighted by molar-refractivity contribution is 5.94. The molecule has 27 heavy (non-hydrogen) atoms. The van der Waals surface area contributed by atoms with E-state index < -0.39 is 0 Å². The number of hydrogen-bond acceptors (Lipinski definition) is 5. The first-order valence-corrected chi connectivity index (χ1v) is 9.59. The molecule has 1 aliphatic heterocycles. The molecule has 1 aliphatic rings. The fourth-order valence-electron chi connectivity index (χ4n) is 3.17. The summed E-state index contributed by atoms with van der Waals surface area (Å²) in [6, 6.07) is 9.25. The van der Waals surface area contributed by atoms with E-state index in [2.05, 4.69) is 21.3 Å². The second-order valence-electron chi connectivity index (χ2n) is 6.43. The second-order valence-corrected chi connectivity index (χ2v) is 6.43. The molecule has 0 aliphatic carbocycles. The molecule has 1 aromatic carbocycles. The summed E-state index contributed by atoms with van der Waals surface area (Å²) in [7, 11) is 0. The third-order valence-corrected chi connectivity index (χ3v) is 4.50. The van der Waals surface area contributed by atoms with E-state index in [9.17, 15) is 4.79 Å². The minimum Gasteiger partial charge on any atom is -0.490 e. The van der Waals surface area contributed by atoms with Crippen molar-refractivity contribution in [1.82, 2.24) is 10.3 Å². The Balaban J connectivity index is 1.65. The lowest BCUT2D eigenvalue weighted by Gasteiger charge is -2.17. The second kappa shape index (κ2) is 9.26. The minimum atomic E-state index is -0.140. The number of nitrogens with one attached hydrogen (secondary N) is 1. The summed E-state index contributed by atoms with van der Waals surface area (Å²) < 4.78 is 11.1. The zero-order valence-electron chi connectivity index (χ0n) is 16.0. The predicted molar refractivity (Wildman–Crippen MR) is 106 cm³/mol. The van der Waals surface area contributed by atoms with Gasteiger partial charge < -0.3 is 19.7 Å². The lowest BCUT2D eigenvalue weighted by Crippen LogP contribution is -2.23. The highest BCUT2D eigenvalue weighted by Gasteiger charge is 2.14. The van der Waals surface area contributed by atoms with Crippen molar-refractivity contribution < 1.29 is 14.3 Å². The van der Waals surface area contributed by atoms with Gasteiger partial charge in [-0.25, -0.2) is 4.98 Å². The van der Waals surface area contributed by atoms with E-state index in [0.717, 1.165) is 24.5 Å². The summed E-state index contributed by atoms with van der Waals surface area (Å²) in [5.41, 5.74) is 1.59. The van der Waals surface area contributed by atoms with Crippen molar-refractivity contribution in [3.05, 3.63) is 47.7 Å². The number of benzene rings is 1. The number of pyridine rings is 1. The predicted octanol–water partition coefficient (Wildman–Crippen LogP) is 3.41. The number of hydrogen-bond donors (Lipinski definition) is 1. The maximum atomic E-state index is 12.6. The van der Waals surface area contributed by atoms with Gasteiger partial charge in [0.1, 0.15) is 5.82 Å². The maximum absolute atomic E-state index is 12.6. The Morgan fingerprint density at radius 1 is 1.07 bits per heavy atom. The van der Waals surface area contributed by atoms with Gasteiger partial charge in [-0.15, -0.1) is 0 Å². The molecule has 1 N–H and O–H groups in total. The minimum absolute atomic E-state index is 0.140. The van der Waals surface area contributed by atoms with Crippen LogP contribution in [0.4, 0.5) is 5.82 Å². The van der Waals surface area contributed by atoms with Crippen molar-refractivity contribution in [2.24, 2.45) is 0 Å². The molecule has 1 amide bonds. The molecule has 2 heterocycles. The van der Waals surface area contributed by atoms with Gasteiger partial charge in [-0.2, -0.15) is 0 Å². The molecule has 1 aromatic heterocycles. The third kappa shape index (κ3) is 4.90. The average molecular weight is 369 g/mol. The molecule has 0 unspecified atom stereocenters. The molecule has 0 atom stereocenters. The summed E-state index contributed by atoms with van der Waals surface area (Å²) in [5, 5.41) is 2.97. The summed E-state index contributed by atoms with van der Waals surface area (Å²) in [5.74, 6) is 2.09. The molecule has 2 aromatic rings. The summed E-state index contributed by atoms with van der Waals surface area (Å²) in [6.45, 7) is 7.45. The molecular weight excluding hydrogens is 342 g/mol. The molecule has 144 valence electrons. The van der Waals surface area contributed by atoms with Crippen molar-refractivity contribution in [1.29, 1.82) is 0 Å². The molecule has 3 rings (SSSR count). The Bertz CT molecular complexity index is 773. The Morgan fingerprint density at radius 2 is 1.81 bits per heavy atom. The Kier molecular flexibility index (Phi) is 6.52. The van der Waals surface area contributed by atoms with Crippen molar-refractivity contribution in [2.45, 2.75) is 33.2 Å². The molecule has 1 saturated heterocycles. The first-order valence-electron chi connectivity index (χ1n) is 9.59. The zero-order chi connectivity index (χ0) is 19.1. The number of amides is 1. The summed E-state index contributed by atoms with van der Waals surface area (Å²) in [6.07, 6.45) is 4.23. The number of carbonyl (C=O) groups excluding carboxylic acids is 1. The van der Waals surface area contributed by atoms with Crippen molar-refractivity contribution in [2.75, 3.05) is 31.2 Å². The van der Waals surface area contributed by atoms with Crippen LogP contribution in [0.3, 0.4) is 0 Å². The van der Waals surface area contributed by atoms with E-state index in [1.165, 1.54) is 12.8 Å². The molecule has 0 saturated carbocycles. The van der Waals surface area contributed by atoms with E-state index in [4.69, 9.17) is 9.47 Å². The van der Waals surface area contributed by atoms with Crippen LogP contribution in [0.2, 0.25) is 0 Å². The average Bonchev–Trinajstić information content (AvgIpc) is 3.23. The molecule has 0 bridgehead atoms. The number of aromatic nitrogens is 1. The zero-order valence-corrected chi connectivity index (χ0v) is 16.0. The van der Waals surface area contributed by atoms with Crippen LogP contribution in [-0.4, -0.2) is 37.2 Å². The first kappa shape index (κ1) is 19.0. The van der Waals surface area contributed by atoms with Gasteiger partial charge in [-0.05, 0) is 62.6 Å². The molecule has 1 fully saturated rings. The lowest BCUT2D eigenvalue weighted by atomic mass is 10.1. The molecule has 0 radical (unpaired) electrons. The smallest absolute Gasteiger partial charge is 0.251 e. The van der Waals surface area contributed by atoms with Gasteiger partial charge in [0.2, 0.25) is 0 Å². The van der Waals surface area contributed by atoms with Crippen LogP contribution in [-0.2, 0) is 6.54 Å². The largest absolute Gasteiger partial charge is 0.490 e. The lowest BCUT2D eigenvalue weighted by molar-refractivity contribution is 0.0950. The van der Waals surface area contributed by atoms with Gasteiger partial charge in [0.05, 0.1) is 13.2 Å². The van der Waals surface area contributed by atoms with Gasteiger partial charge in [-0.3, -0.25) is 4.79 Å². The molecule has 6 nitrogen and oxygen atoms in total. The van der Waals surface area contributed by atoms with Crippen LogP contribution < -0.4 is 19.7 Å². The van der Waals surface area contributed by atoms with Gasteiger partial charge >= 0.3 is 0 Å². The summed E-state index contributed by atoms with van der Waals surface area (Å²) >= 11 is 0. The number of nitrogens with zero attached hydrogens (tertiary/aromatic N) is 2. The van der Waals surface area contributed by atoms with Gasteiger partial charge in [-0.1, -0.05) is 0 Å².